The van der Waals surface area contributed by atoms with E-state index >= 15 is 0 Å². The standard InChI is InChI=1S/C10H21NOS/c1-2-13-8-4-7-12-9-10-5-3-6-11-10/h10-11H,2-9H2,1H3. The van der Waals surface area contributed by atoms with Gasteiger partial charge in [-0.25, -0.2) is 0 Å². The molecule has 0 aromatic carbocycles. The van der Waals surface area contributed by atoms with Gasteiger partial charge in [-0.1, -0.05) is 6.92 Å². The maximum Gasteiger partial charge on any atom is 0.0619 e. The highest BCUT2D eigenvalue weighted by atomic mass is 32.2. The van der Waals surface area contributed by atoms with E-state index in [1.54, 1.807) is 0 Å². The molecule has 3 heteroatoms. The Balaban J connectivity index is 1.78. The van der Waals surface area contributed by atoms with Crippen LogP contribution >= 0.6 is 11.8 Å². The minimum atomic E-state index is 0.638. The second-order valence-corrected chi connectivity index (χ2v) is 4.81. The van der Waals surface area contributed by atoms with Crippen molar-refractivity contribution in [2.45, 2.75) is 32.2 Å². The third-order valence-electron chi connectivity index (χ3n) is 2.26. The lowest BCUT2D eigenvalue weighted by molar-refractivity contribution is 0.117. The van der Waals surface area contributed by atoms with Crippen LogP contribution < -0.4 is 5.32 Å². The Bertz CT molecular complexity index is 115. The molecule has 2 nitrogen and oxygen atoms in total. The number of rotatable bonds is 7. The van der Waals surface area contributed by atoms with E-state index in [1.165, 1.54) is 37.3 Å². The summed E-state index contributed by atoms with van der Waals surface area (Å²) in [4.78, 5) is 0. The van der Waals surface area contributed by atoms with Crippen molar-refractivity contribution in [1.82, 2.24) is 5.32 Å². The molecule has 1 N–H and O–H groups in total. The molecule has 0 aromatic rings. The van der Waals surface area contributed by atoms with Gasteiger partial charge in [0.1, 0.15) is 0 Å². The van der Waals surface area contributed by atoms with Crippen LogP contribution in [0.3, 0.4) is 0 Å². The Kier molecular flexibility index (Phi) is 6.68. The fourth-order valence-electron chi connectivity index (χ4n) is 1.53. The summed E-state index contributed by atoms with van der Waals surface area (Å²) < 4.78 is 5.59. The molecule has 1 aliphatic heterocycles. The van der Waals surface area contributed by atoms with Crippen molar-refractivity contribution < 1.29 is 4.74 Å². The fourth-order valence-corrected chi connectivity index (χ4v) is 2.14. The van der Waals surface area contributed by atoms with Crippen LogP contribution in [0.15, 0.2) is 0 Å². The number of hydrogen-bond donors (Lipinski definition) is 1. The molecule has 1 atom stereocenters. The van der Waals surface area contributed by atoms with Gasteiger partial charge in [0.2, 0.25) is 0 Å². The van der Waals surface area contributed by atoms with Gasteiger partial charge in [0.15, 0.2) is 0 Å². The van der Waals surface area contributed by atoms with E-state index in [4.69, 9.17) is 4.74 Å². The topological polar surface area (TPSA) is 21.3 Å². The second-order valence-electron chi connectivity index (χ2n) is 3.42. The van der Waals surface area contributed by atoms with Crippen molar-refractivity contribution in [2.75, 3.05) is 31.3 Å². The summed E-state index contributed by atoms with van der Waals surface area (Å²) >= 11 is 2.00. The summed E-state index contributed by atoms with van der Waals surface area (Å²) in [5, 5.41) is 3.43. The molecular formula is C10H21NOS. The molecule has 0 aliphatic carbocycles. The van der Waals surface area contributed by atoms with Crippen LogP contribution in [0.2, 0.25) is 0 Å². The predicted octanol–water partition coefficient (Wildman–Crippen LogP) is 1.90. The van der Waals surface area contributed by atoms with Gasteiger partial charge in [-0.2, -0.15) is 11.8 Å². The highest BCUT2D eigenvalue weighted by Crippen LogP contribution is 2.06. The van der Waals surface area contributed by atoms with Crippen LogP contribution in [0, 0.1) is 0 Å². The van der Waals surface area contributed by atoms with E-state index < -0.39 is 0 Å². The second kappa shape index (κ2) is 7.65. The molecule has 1 rings (SSSR count). The molecule has 1 aliphatic rings. The Labute approximate surface area is 85.8 Å². The summed E-state index contributed by atoms with van der Waals surface area (Å²) in [6.07, 6.45) is 3.81. The van der Waals surface area contributed by atoms with E-state index in [2.05, 4.69) is 12.2 Å². The average Bonchev–Trinajstić information content (AvgIpc) is 2.63. The average molecular weight is 203 g/mol. The molecule has 0 amide bonds. The van der Waals surface area contributed by atoms with Crippen LogP contribution in [0.1, 0.15) is 26.2 Å². The zero-order valence-corrected chi connectivity index (χ0v) is 9.37. The third kappa shape index (κ3) is 5.55. The lowest BCUT2D eigenvalue weighted by Crippen LogP contribution is -2.26. The number of nitrogens with one attached hydrogen (secondary N) is 1. The van der Waals surface area contributed by atoms with E-state index in [1.807, 2.05) is 11.8 Å². The lowest BCUT2D eigenvalue weighted by atomic mass is 10.2. The van der Waals surface area contributed by atoms with Gasteiger partial charge >= 0.3 is 0 Å². The Hall–Kier alpha value is 0.270. The first-order valence-corrected chi connectivity index (χ1v) is 6.48. The zero-order valence-electron chi connectivity index (χ0n) is 8.55. The molecule has 1 heterocycles. The number of thioether (sulfide) groups is 1. The first-order valence-electron chi connectivity index (χ1n) is 5.32. The number of hydrogen-bond acceptors (Lipinski definition) is 3. The van der Waals surface area contributed by atoms with Crippen molar-refractivity contribution in [3.05, 3.63) is 0 Å². The van der Waals surface area contributed by atoms with Crippen LogP contribution in [-0.4, -0.2) is 37.3 Å². The SMILES string of the molecule is CCSCCCOCC1CCCN1. The summed E-state index contributed by atoms with van der Waals surface area (Å²) in [6, 6.07) is 0.638. The minimum absolute atomic E-state index is 0.638. The minimum Gasteiger partial charge on any atom is -0.380 e. The maximum atomic E-state index is 5.59. The predicted molar refractivity (Wildman–Crippen MR) is 59.5 cm³/mol. The van der Waals surface area contributed by atoms with Crippen LogP contribution in [0.5, 0.6) is 0 Å². The van der Waals surface area contributed by atoms with Crippen molar-refractivity contribution in [3.8, 4) is 0 Å². The summed E-state index contributed by atoms with van der Waals surface area (Å²) in [7, 11) is 0. The van der Waals surface area contributed by atoms with Crippen molar-refractivity contribution in [2.24, 2.45) is 0 Å². The van der Waals surface area contributed by atoms with Gasteiger partial charge in [-0.3, -0.25) is 0 Å². The van der Waals surface area contributed by atoms with Crippen molar-refractivity contribution >= 4 is 11.8 Å². The van der Waals surface area contributed by atoms with Crippen molar-refractivity contribution in [1.29, 1.82) is 0 Å². The van der Waals surface area contributed by atoms with Crippen LogP contribution in [0.25, 0.3) is 0 Å². The molecule has 0 radical (unpaired) electrons. The molecular weight excluding hydrogens is 182 g/mol. The van der Waals surface area contributed by atoms with Gasteiger partial charge in [-0.15, -0.1) is 0 Å². The normalized spacial score (nSPS) is 22.4. The summed E-state index contributed by atoms with van der Waals surface area (Å²) in [5.41, 5.74) is 0. The van der Waals surface area contributed by atoms with Gasteiger partial charge in [0.25, 0.3) is 0 Å². The fraction of sp³-hybridized carbons (Fsp3) is 1.00. The first kappa shape index (κ1) is 11.3. The van der Waals surface area contributed by atoms with E-state index in [9.17, 15) is 0 Å². The van der Waals surface area contributed by atoms with Gasteiger partial charge in [-0.05, 0) is 37.3 Å². The molecule has 0 spiro atoms. The smallest absolute Gasteiger partial charge is 0.0619 e. The van der Waals surface area contributed by atoms with Gasteiger partial charge in [0, 0.05) is 12.6 Å². The Morgan fingerprint density at radius 1 is 1.54 bits per heavy atom. The highest BCUT2D eigenvalue weighted by Gasteiger charge is 2.12. The number of ether oxygens (including phenoxy) is 1. The Morgan fingerprint density at radius 3 is 3.15 bits per heavy atom. The monoisotopic (exact) mass is 203 g/mol. The molecule has 1 fully saturated rings. The van der Waals surface area contributed by atoms with Crippen LogP contribution in [0.4, 0.5) is 0 Å². The molecule has 0 aromatic heterocycles. The van der Waals surface area contributed by atoms with Crippen LogP contribution in [-0.2, 0) is 4.74 Å². The molecule has 0 bridgehead atoms. The molecule has 78 valence electrons. The van der Waals surface area contributed by atoms with E-state index in [-0.39, 0.29) is 0 Å². The first-order chi connectivity index (χ1) is 6.43. The van der Waals surface area contributed by atoms with Gasteiger partial charge < -0.3 is 10.1 Å². The largest absolute Gasteiger partial charge is 0.380 e. The van der Waals surface area contributed by atoms with Gasteiger partial charge in [0.05, 0.1) is 6.61 Å². The quantitative estimate of drug-likeness (QED) is 0.639. The highest BCUT2D eigenvalue weighted by molar-refractivity contribution is 7.99. The lowest BCUT2D eigenvalue weighted by Gasteiger charge is -2.10. The zero-order chi connectivity index (χ0) is 9.36. The molecule has 13 heavy (non-hydrogen) atoms. The molecule has 1 saturated heterocycles. The summed E-state index contributed by atoms with van der Waals surface area (Å²) in [6.45, 7) is 5.23. The molecule has 0 saturated carbocycles. The maximum absolute atomic E-state index is 5.59. The van der Waals surface area contributed by atoms with E-state index in [0.29, 0.717) is 6.04 Å². The molecule has 1 unspecified atom stereocenters. The summed E-state index contributed by atoms with van der Waals surface area (Å²) in [5.74, 6) is 2.47. The Morgan fingerprint density at radius 2 is 2.46 bits per heavy atom. The van der Waals surface area contributed by atoms with E-state index in [0.717, 1.165) is 13.2 Å². The van der Waals surface area contributed by atoms with Crippen molar-refractivity contribution in [3.63, 3.8) is 0 Å². The third-order valence-corrected chi connectivity index (χ3v) is 3.25.